The van der Waals surface area contributed by atoms with Gasteiger partial charge in [0.2, 0.25) is 11.8 Å². The average molecular weight is 400 g/mol. The fourth-order valence-electron chi connectivity index (χ4n) is 4.45. The van der Waals surface area contributed by atoms with Gasteiger partial charge in [-0.25, -0.2) is 0 Å². The maximum atomic E-state index is 13.2. The van der Waals surface area contributed by atoms with Crippen LogP contribution in [0.25, 0.3) is 10.9 Å². The van der Waals surface area contributed by atoms with Crippen molar-refractivity contribution in [3.05, 3.63) is 78.0 Å². The van der Waals surface area contributed by atoms with Gasteiger partial charge in [-0.1, -0.05) is 42.5 Å². The van der Waals surface area contributed by atoms with Crippen LogP contribution in [0.5, 0.6) is 0 Å². The molecular weight excluding hydrogens is 376 g/mol. The number of carbonyl (C=O) groups is 2. The van der Waals surface area contributed by atoms with Crippen molar-refractivity contribution in [1.29, 1.82) is 0 Å². The van der Waals surface area contributed by atoms with Crippen LogP contribution < -0.4 is 0 Å². The summed E-state index contributed by atoms with van der Waals surface area (Å²) in [5, 5.41) is 1.12. The first-order valence-corrected chi connectivity index (χ1v) is 10.4. The fraction of sp³-hybridized carbons (Fsp3) is 0.292. The van der Waals surface area contributed by atoms with Gasteiger partial charge in [0.15, 0.2) is 0 Å². The Morgan fingerprint density at radius 1 is 0.900 bits per heavy atom. The highest BCUT2D eigenvalue weighted by Gasteiger charge is 2.42. The number of benzene rings is 2. The summed E-state index contributed by atoms with van der Waals surface area (Å²) in [6.07, 6.45) is 1.80. The van der Waals surface area contributed by atoms with Crippen LogP contribution in [0.15, 0.2) is 66.9 Å². The van der Waals surface area contributed by atoms with Crippen molar-refractivity contribution in [2.45, 2.75) is 19.1 Å². The molecule has 0 bridgehead atoms. The summed E-state index contributed by atoms with van der Waals surface area (Å²) in [5.41, 5.74) is 3.22. The standard InChI is InChI=1S/C24H24N4O2/c29-23-17-27(15-18-5-2-1-3-6-18)24(30)22-16-26(11-12-28(22)23)14-19-8-9-21-20(13-19)7-4-10-25-21/h1-10,13,22H,11-12,14-17H2. The van der Waals surface area contributed by atoms with Gasteiger partial charge in [-0.2, -0.15) is 0 Å². The molecule has 6 nitrogen and oxygen atoms in total. The Kier molecular flexibility index (Phi) is 4.93. The number of fused-ring (bicyclic) bond motifs is 2. The first-order valence-electron chi connectivity index (χ1n) is 10.4. The summed E-state index contributed by atoms with van der Waals surface area (Å²) in [7, 11) is 0. The second-order valence-corrected chi connectivity index (χ2v) is 8.05. The number of carbonyl (C=O) groups excluding carboxylic acids is 2. The van der Waals surface area contributed by atoms with E-state index in [4.69, 9.17) is 0 Å². The second kappa shape index (κ2) is 7.88. The Bertz CT molecular complexity index is 1080. The zero-order valence-electron chi connectivity index (χ0n) is 16.8. The highest BCUT2D eigenvalue weighted by atomic mass is 16.2. The molecule has 1 atom stereocenters. The smallest absolute Gasteiger partial charge is 0.247 e. The largest absolute Gasteiger partial charge is 0.327 e. The number of piperazine rings is 2. The normalized spacial score (nSPS) is 19.9. The lowest BCUT2D eigenvalue weighted by atomic mass is 10.0. The molecular formula is C24H24N4O2. The molecule has 6 heteroatoms. The number of pyridine rings is 1. The monoisotopic (exact) mass is 400 g/mol. The van der Waals surface area contributed by atoms with Crippen molar-refractivity contribution < 1.29 is 9.59 Å². The quantitative estimate of drug-likeness (QED) is 0.674. The zero-order valence-corrected chi connectivity index (χ0v) is 16.8. The van der Waals surface area contributed by atoms with Crippen molar-refractivity contribution >= 4 is 22.7 Å². The molecule has 5 rings (SSSR count). The van der Waals surface area contributed by atoms with Crippen LogP contribution in [0.1, 0.15) is 11.1 Å². The molecule has 2 amide bonds. The van der Waals surface area contributed by atoms with E-state index in [9.17, 15) is 9.59 Å². The van der Waals surface area contributed by atoms with Gasteiger partial charge in [-0.15, -0.1) is 0 Å². The van der Waals surface area contributed by atoms with Crippen LogP contribution in [0.3, 0.4) is 0 Å². The number of rotatable bonds is 4. The molecule has 0 spiro atoms. The maximum Gasteiger partial charge on any atom is 0.247 e. The van der Waals surface area contributed by atoms with Gasteiger partial charge in [0.1, 0.15) is 12.6 Å². The molecule has 0 N–H and O–H groups in total. The van der Waals surface area contributed by atoms with E-state index >= 15 is 0 Å². The fourth-order valence-corrected chi connectivity index (χ4v) is 4.45. The highest BCUT2D eigenvalue weighted by molar-refractivity contribution is 5.95. The highest BCUT2D eigenvalue weighted by Crippen LogP contribution is 2.22. The predicted molar refractivity (Wildman–Crippen MR) is 114 cm³/mol. The van der Waals surface area contributed by atoms with Gasteiger partial charge in [0, 0.05) is 44.3 Å². The lowest BCUT2D eigenvalue weighted by Gasteiger charge is -2.46. The van der Waals surface area contributed by atoms with Crippen LogP contribution in [0.4, 0.5) is 0 Å². The summed E-state index contributed by atoms with van der Waals surface area (Å²) in [6.45, 7) is 3.36. The first-order chi connectivity index (χ1) is 14.7. The molecule has 0 radical (unpaired) electrons. The van der Waals surface area contributed by atoms with Crippen molar-refractivity contribution in [3.63, 3.8) is 0 Å². The first kappa shape index (κ1) is 18.8. The molecule has 2 aromatic carbocycles. The van der Waals surface area contributed by atoms with Gasteiger partial charge >= 0.3 is 0 Å². The SMILES string of the molecule is O=C1C2CN(Cc3ccc4ncccc4c3)CCN2C(=O)CN1Cc1ccccc1. The van der Waals surface area contributed by atoms with Crippen LogP contribution in [0, 0.1) is 0 Å². The van der Waals surface area contributed by atoms with Crippen molar-refractivity contribution in [2.75, 3.05) is 26.2 Å². The van der Waals surface area contributed by atoms with Gasteiger partial charge in [-0.05, 0) is 29.3 Å². The third-order valence-electron chi connectivity index (χ3n) is 6.00. The van der Waals surface area contributed by atoms with Gasteiger partial charge in [0.25, 0.3) is 0 Å². The molecule has 2 aliphatic rings. The summed E-state index contributed by atoms with van der Waals surface area (Å²) in [5.74, 6) is 0.0952. The summed E-state index contributed by atoms with van der Waals surface area (Å²) < 4.78 is 0. The molecule has 1 aromatic heterocycles. The molecule has 30 heavy (non-hydrogen) atoms. The van der Waals surface area contributed by atoms with Crippen LogP contribution in [-0.4, -0.2) is 63.7 Å². The third kappa shape index (κ3) is 3.66. The Hall–Kier alpha value is -3.25. The molecule has 2 fully saturated rings. The topological polar surface area (TPSA) is 56.8 Å². The van der Waals surface area contributed by atoms with Gasteiger partial charge in [-0.3, -0.25) is 19.5 Å². The molecule has 0 aliphatic carbocycles. The van der Waals surface area contributed by atoms with Crippen molar-refractivity contribution in [2.24, 2.45) is 0 Å². The maximum absolute atomic E-state index is 13.2. The number of hydrogen-bond acceptors (Lipinski definition) is 4. The van der Waals surface area contributed by atoms with E-state index in [-0.39, 0.29) is 18.4 Å². The number of aromatic nitrogens is 1. The number of nitrogens with zero attached hydrogens (tertiary/aromatic N) is 4. The van der Waals surface area contributed by atoms with E-state index in [1.807, 2.05) is 42.5 Å². The molecule has 2 saturated heterocycles. The minimum absolute atomic E-state index is 0.0471. The summed E-state index contributed by atoms with van der Waals surface area (Å²) in [6, 6.07) is 19.8. The molecule has 3 heterocycles. The molecule has 2 aliphatic heterocycles. The molecule has 3 aromatic rings. The Labute approximate surface area is 175 Å². The average Bonchev–Trinajstić information content (AvgIpc) is 2.78. The van der Waals surface area contributed by atoms with E-state index in [1.165, 1.54) is 5.56 Å². The van der Waals surface area contributed by atoms with Crippen LogP contribution in [-0.2, 0) is 22.7 Å². The predicted octanol–water partition coefficient (Wildman–Crippen LogP) is 2.29. The minimum Gasteiger partial charge on any atom is -0.327 e. The van der Waals surface area contributed by atoms with Gasteiger partial charge in [0.05, 0.1) is 5.52 Å². The second-order valence-electron chi connectivity index (χ2n) is 8.05. The molecule has 152 valence electrons. The Morgan fingerprint density at radius 2 is 1.77 bits per heavy atom. The lowest BCUT2D eigenvalue weighted by molar-refractivity contribution is -0.160. The van der Waals surface area contributed by atoms with Crippen LogP contribution in [0.2, 0.25) is 0 Å². The third-order valence-corrected chi connectivity index (χ3v) is 6.00. The molecule has 0 saturated carbocycles. The Balaban J connectivity index is 1.30. The molecule has 1 unspecified atom stereocenters. The van der Waals surface area contributed by atoms with Crippen molar-refractivity contribution in [1.82, 2.24) is 19.7 Å². The lowest BCUT2D eigenvalue weighted by Crippen LogP contribution is -2.66. The van der Waals surface area contributed by atoms with E-state index in [1.54, 1.807) is 16.0 Å². The van der Waals surface area contributed by atoms with E-state index in [0.717, 1.165) is 29.6 Å². The Morgan fingerprint density at radius 3 is 2.63 bits per heavy atom. The minimum atomic E-state index is -0.397. The van der Waals surface area contributed by atoms with Crippen LogP contribution >= 0.6 is 0 Å². The number of amides is 2. The zero-order chi connectivity index (χ0) is 20.5. The van der Waals surface area contributed by atoms with E-state index < -0.39 is 6.04 Å². The van der Waals surface area contributed by atoms with E-state index in [0.29, 0.717) is 19.6 Å². The van der Waals surface area contributed by atoms with E-state index in [2.05, 4.69) is 28.1 Å². The summed E-state index contributed by atoms with van der Waals surface area (Å²) >= 11 is 0. The van der Waals surface area contributed by atoms with Crippen molar-refractivity contribution in [3.8, 4) is 0 Å². The summed E-state index contributed by atoms with van der Waals surface area (Å²) in [4.78, 5) is 36.0. The van der Waals surface area contributed by atoms with Gasteiger partial charge < -0.3 is 9.80 Å². The number of hydrogen-bond donors (Lipinski definition) is 0.